The van der Waals surface area contributed by atoms with E-state index in [1.807, 2.05) is 24.3 Å². The molecule has 6 heteroatoms. The molecule has 0 spiro atoms. The normalized spacial score (nSPS) is 9.83. The highest BCUT2D eigenvalue weighted by Crippen LogP contribution is 2.17. The Balaban J connectivity index is 1.79. The van der Waals surface area contributed by atoms with Gasteiger partial charge in [-0.25, -0.2) is 0 Å². The highest BCUT2D eigenvalue weighted by molar-refractivity contribution is 6.30. The van der Waals surface area contributed by atoms with Crippen LogP contribution in [-0.2, 0) is 4.79 Å². The fourth-order valence-electron chi connectivity index (χ4n) is 1.74. The smallest absolute Gasteiger partial charge is 0.276 e. The summed E-state index contributed by atoms with van der Waals surface area (Å²) >= 11 is 5.78. The fourth-order valence-corrected chi connectivity index (χ4v) is 1.87. The van der Waals surface area contributed by atoms with E-state index in [1.165, 1.54) is 0 Å². The molecular formula is C17H17ClN2O3. The molecular weight excluding hydrogens is 316 g/mol. The Morgan fingerprint density at radius 1 is 1.13 bits per heavy atom. The topological polar surface area (TPSA) is 59.6 Å². The molecule has 0 saturated heterocycles. The van der Waals surface area contributed by atoms with Crippen LogP contribution in [0.15, 0.2) is 55.1 Å². The molecule has 2 aromatic carbocycles. The third kappa shape index (κ3) is 5.23. The van der Waals surface area contributed by atoms with Crippen molar-refractivity contribution in [2.45, 2.75) is 0 Å². The van der Waals surface area contributed by atoms with Crippen molar-refractivity contribution in [3.63, 3.8) is 0 Å². The van der Waals surface area contributed by atoms with E-state index < -0.39 is 0 Å². The number of halogens is 1. The minimum absolute atomic E-state index is 0.125. The Morgan fingerprint density at radius 3 is 2.57 bits per heavy atom. The second-order valence-electron chi connectivity index (χ2n) is 4.63. The molecule has 2 rings (SSSR count). The van der Waals surface area contributed by atoms with Gasteiger partial charge in [0.05, 0.1) is 12.8 Å². The molecule has 0 atom stereocenters. The molecule has 0 heterocycles. The van der Waals surface area contributed by atoms with Crippen molar-refractivity contribution in [1.29, 1.82) is 0 Å². The lowest BCUT2D eigenvalue weighted by molar-refractivity contribution is -0.123. The van der Waals surface area contributed by atoms with Crippen molar-refractivity contribution < 1.29 is 14.3 Å². The molecule has 0 aromatic heterocycles. The van der Waals surface area contributed by atoms with Gasteiger partial charge in [0.2, 0.25) is 0 Å². The van der Waals surface area contributed by atoms with E-state index in [0.717, 1.165) is 5.56 Å². The fraction of sp³-hybridized carbons (Fsp3) is 0.118. The SMILES string of the molecule is C=C(NNC(=O)COc1ccc(Cl)cc1)c1cccc(OC)c1. The second kappa shape index (κ2) is 8.10. The van der Waals surface area contributed by atoms with Gasteiger partial charge in [-0.1, -0.05) is 30.3 Å². The van der Waals surface area contributed by atoms with E-state index >= 15 is 0 Å². The lowest BCUT2D eigenvalue weighted by Crippen LogP contribution is -2.38. The number of hydrogen-bond donors (Lipinski definition) is 2. The summed E-state index contributed by atoms with van der Waals surface area (Å²) in [5.74, 6) is 0.947. The first-order valence-corrected chi connectivity index (χ1v) is 7.23. The number of amides is 1. The summed E-state index contributed by atoms with van der Waals surface area (Å²) in [4.78, 5) is 11.8. The number of benzene rings is 2. The number of hydrogen-bond acceptors (Lipinski definition) is 4. The molecule has 2 N–H and O–H groups in total. The Bertz CT molecular complexity index is 686. The van der Waals surface area contributed by atoms with Gasteiger partial charge in [-0.3, -0.25) is 15.6 Å². The standard InChI is InChI=1S/C17H17ClN2O3/c1-12(13-4-3-5-16(10-13)22-2)19-20-17(21)11-23-15-8-6-14(18)7-9-15/h3-10,19H,1,11H2,2H3,(H,20,21). The number of nitrogens with one attached hydrogen (secondary N) is 2. The van der Waals surface area contributed by atoms with Crippen LogP contribution in [-0.4, -0.2) is 19.6 Å². The first-order valence-electron chi connectivity index (χ1n) is 6.85. The van der Waals surface area contributed by atoms with Crippen LogP contribution in [0.1, 0.15) is 5.56 Å². The number of methoxy groups -OCH3 is 1. The highest BCUT2D eigenvalue weighted by atomic mass is 35.5. The van der Waals surface area contributed by atoms with Crippen LogP contribution in [0.4, 0.5) is 0 Å². The highest BCUT2D eigenvalue weighted by Gasteiger charge is 2.05. The van der Waals surface area contributed by atoms with Crippen LogP contribution in [0.5, 0.6) is 11.5 Å². The minimum Gasteiger partial charge on any atom is -0.497 e. The summed E-state index contributed by atoms with van der Waals surface area (Å²) in [5.41, 5.74) is 6.62. The van der Waals surface area contributed by atoms with E-state index in [4.69, 9.17) is 21.1 Å². The molecule has 0 aliphatic rings. The predicted molar refractivity (Wildman–Crippen MR) is 90.3 cm³/mol. The third-order valence-electron chi connectivity index (χ3n) is 2.95. The molecule has 120 valence electrons. The Labute approximate surface area is 139 Å². The lowest BCUT2D eigenvalue weighted by Gasteiger charge is -2.12. The largest absolute Gasteiger partial charge is 0.497 e. The van der Waals surface area contributed by atoms with E-state index in [-0.39, 0.29) is 12.5 Å². The van der Waals surface area contributed by atoms with Crippen molar-refractivity contribution in [2.75, 3.05) is 13.7 Å². The molecule has 0 radical (unpaired) electrons. The molecule has 0 saturated carbocycles. The molecule has 5 nitrogen and oxygen atoms in total. The van der Waals surface area contributed by atoms with Crippen LogP contribution < -0.4 is 20.3 Å². The molecule has 0 bridgehead atoms. The Kier molecular flexibility index (Phi) is 5.88. The predicted octanol–water partition coefficient (Wildman–Crippen LogP) is 3.02. The van der Waals surface area contributed by atoms with Gasteiger partial charge in [0, 0.05) is 10.6 Å². The summed E-state index contributed by atoms with van der Waals surface area (Å²) < 4.78 is 10.5. The van der Waals surface area contributed by atoms with Gasteiger partial charge in [0.15, 0.2) is 6.61 Å². The zero-order chi connectivity index (χ0) is 16.7. The quantitative estimate of drug-likeness (QED) is 0.765. The molecule has 0 fully saturated rings. The van der Waals surface area contributed by atoms with Gasteiger partial charge >= 0.3 is 0 Å². The number of hydrazine groups is 1. The summed E-state index contributed by atoms with van der Waals surface area (Å²) in [6, 6.07) is 14.1. The van der Waals surface area contributed by atoms with Crippen LogP contribution in [0.2, 0.25) is 5.02 Å². The van der Waals surface area contributed by atoms with Crippen molar-refractivity contribution in [1.82, 2.24) is 10.9 Å². The monoisotopic (exact) mass is 332 g/mol. The van der Waals surface area contributed by atoms with Gasteiger partial charge < -0.3 is 9.47 Å². The number of rotatable bonds is 7. The average Bonchev–Trinajstić information content (AvgIpc) is 2.59. The van der Waals surface area contributed by atoms with Crippen molar-refractivity contribution in [3.05, 3.63) is 65.7 Å². The number of ether oxygens (including phenoxy) is 2. The lowest BCUT2D eigenvalue weighted by atomic mass is 10.2. The first-order chi connectivity index (χ1) is 11.1. The Morgan fingerprint density at radius 2 is 1.87 bits per heavy atom. The number of carbonyl (C=O) groups is 1. The molecule has 0 aliphatic carbocycles. The van der Waals surface area contributed by atoms with Gasteiger partial charge in [-0.2, -0.15) is 0 Å². The summed E-state index contributed by atoms with van der Waals surface area (Å²) in [5, 5.41) is 0.609. The second-order valence-corrected chi connectivity index (χ2v) is 5.06. The van der Waals surface area contributed by atoms with Crippen LogP contribution in [0, 0.1) is 0 Å². The summed E-state index contributed by atoms with van der Waals surface area (Å²) in [7, 11) is 1.59. The average molecular weight is 333 g/mol. The van der Waals surface area contributed by atoms with Crippen molar-refractivity contribution in [2.24, 2.45) is 0 Å². The van der Waals surface area contributed by atoms with E-state index in [1.54, 1.807) is 31.4 Å². The summed E-state index contributed by atoms with van der Waals surface area (Å²) in [6.07, 6.45) is 0. The maximum absolute atomic E-state index is 11.8. The van der Waals surface area contributed by atoms with Crippen LogP contribution >= 0.6 is 11.6 Å². The maximum atomic E-state index is 11.8. The zero-order valence-electron chi connectivity index (χ0n) is 12.6. The summed E-state index contributed by atoms with van der Waals surface area (Å²) in [6.45, 7) is 3.74. The first kappa shape index (κ1) is 16.7. The number of carbonyl (C=O) groups excluding carboxylic acids is 1. The maximum Gasteiger partial charge on any atom is 0.276 e. The van der Waals surface area contributed by atoms with E-state index in [9.17, 15) is 4.79 Å². The van der Waals surface area contributed by atoms with Crippen LogP contribution in [0.25, 0.3) is 5.70 Å². The van der Waals surface area contributed by atoms with Gasteiger partial charge in [0.1, 0.15) is 11.5 Å². The molecule has 23 heavy (non-hydrogen) atoms. The van der Waals surface area contributed by atoms with Gasteiger partial charge in [0.25, 0.3) is 5.91 Å². The molecule has 1 amide bonds. The van der Waals surface area contributed by atoms with Gasteiger partial charge in [-0.05, 0) is 36.4 Å². The van der Waals surface area contributed by atoms with Crippen molar-refractivity contribution >= 4 is 23.2 Å². The van der Waals surface area contributed by atoms with E-state index in [2.05, 4.69) is 17.4 Å². The molecule has 2 aromatic rings. The third-order valence-corrected chi connectivity index (χ3v) is 3.21. The molecule has 0 aliphatic heterocycles. The Hall–Kier alpha value is -2.66. The van der Waals surface area contributed by atoms with Gasteiger partial charge in [-0.15, -0.1) is 0 Å². The molecule has 0 unspecified atom stereocenters. The minimum atomic E-state index is -0.330. The van der Waals surface area contributed by atoms with E-state index in [0.29, 0.717) is 22.2 Å². The van der Waals surface area contributed by atoms with Crippen molar-refractivity contribution in [3.8, 4) is 11.5 Å². The zero-order valence-corrected chi connectivity index (χ0v) is 13.4. The van der Waals surface area contributed by atoms with Crippen LogP contribution in [0.3, 0.4) is 0 Å².